The number of hydrogen-bond donors (Lipinski definition) is 2. The summed E-state index contributed by atoms with van der Waals surface area (Å²) in [7, 11) is 0. The van der Waals surface area contributed by atoms with Gasteiger partial charge in [-0.05, 0) is 35.5 Å². The van der Waals surface area contributed by atoms with E-state index in [1.165, 1.54) is 4.80 Å². The van der Waals surface area contributed by atoms with E-state index in [4.69, 9.17) is 23.8 Å². The number of nitrogens with zero attached hydrogens (tertiary/aromatic N) is 4. The van der Waals surface area contributed by atoms with E-state index in [9.17, 15) is 4.79 Å². The summed E-state index contributed by atoms with van der Waals surface area (Å²) in [5.41, 5.74) is 0.338. The molecule has 0 aliphatic rings. The van der Waals surface area contributed by atoms with Crippen molar-refractivity contribution in [2.45, 2.75) is 20.4 Å². The number of aromatic nitrogens is 4. The van der Waals surface area contributed by atoms with Crippen LogP contribution >= 0.6 is 23.8 Å². The smallest absolute Gasteiger partial charge is 0.269 e. The minimum absolute atomic E-state index is 0.0778. The molecular weight excluding hydrogens is 324 g/mol. The molecule has 116 valence electrons. The van der Waals surface area contributed by atoms with Crippen LogP contribution in [0.25, 0.3) is 0 Å². The number of carbonyl (C=O) groups excluding carboxylic acids is 1. The lowest BCUT2D eigenvalue weighted by atomic mass is 10.2. The van der Waals surface area contributed by atoms with Gasteiger partial charge in [0.05, 0.1) is 17.1 Å². The number of hydrogen-bond acceptors (Lipinski definition) is 5. The summed E-state index contributed by atoms with van der Waals surface area (Å²) < 4.78 is 0. The van der Waals surface area contributed by atoms with Crippen LogP contribution in [-0.2, 0) is 6.54 Å². The fourth-order valence-electron chi connectivity index (χ4n) is 1.65. The van der Waals surface area contributed by atoms with Gasteiger partial charge in [0.15, 0.2) is 5.11 Å². The third-order valence-electron chi connectivity index (χ3n) is 2.55. The van der Waals surface area contributed by atoms with Crippen LogP contribution in [0.2, 0.25) is 5.02 Å². The quantitative estimate of drug-likeness (QED) is 0.830. The third kappa shape index (κ3) is 4.47. The Morgan fingerprint density at radius 2 is 2.14 bits per heavy atom. The first-order valence-corrected chi connectivity index (χ1v) is 7.39. The maximum absolute atomic E-state index is 12.0. The maximum atomic E-state index is 12.0. The Hall–Kier alpha value is -2.06. The molecule has 0 fully saturated rings. The SMILES string of the molecule is CC(C)Cn1nnc(NC(=S)NC(=O)c2ccccc2Cl)n1. The molecular formula is C13H15ClN6OS. The van der Waals surface area contributed by atoms with Crippen LogP contribution in [0.15, 0.2) is 24.3 Å². The standard InChI is InChI=1S/C13H15ClN6OS/c1-8(2)7-20-18-12(17-19-20)16-13(22)15-11(21)9-5-3-4-6-10(9)14/h3-6,8H,7H2,1-2H3,(H2,15,16,18,21,22). The zero-order chi connectivity index (χ0) is 16.1. The summed E-state index contributed by atoms with van der Waals surface area (Å²) in [6.45, 7) is 4.74. The summed E-state index contributed by atoms with van der Waals surface area (Å²) in [6, 6.07) is 6.70. The second-order valence-electron chi connectivity index (χ2n) is 4.95. The first kappa shape index (κ1) is 16.3. The van der Waals surface area contributed by atoms with Gasteiger partial charge in [0.25, 0.3) is 11.9 Å². The van der Waals surface area contributed by atoms with E-state index in [0.717, 1.165) is 0 Å². The number of benzene rings is 1. The zero-order valence-corrected chi connectivity index (χ0v) is 13.6. The van der Waals surface area contributed by atoms with E-state index < -0.39 is 5.91 Å². The molecule has 2 rings (SSSR count). The minimum Gasteiger partial charge on any atom is -0.299 e. The van der Waals surface area contributed by atoms with E-state index in [1.54, 1.807) is 24.3 Å². The normalized spacial score (nSPS) is 10.5. The molecule has 1 aromatic carbocycles. The zero-order valence-electron chi connectivity index (χ0n) is 12.1. The van der Waals surface area contributed by atoms with Crippen LogP contribution in [0.1, 0.15) is 24.2 Å². The minimum atomic E-state index is -0.405. The third-order valence-corrected chi connectivity index (χ3v) is 3.09. The summed E-state index contributed by atoms with van der Waals surface area (Å²) in [6.07, 6.45) is 0. The Labute approximate surface area is 138 Å². The van der Waals surface area contributed by atoms with Gasteiger partial charge in [-0.15, -0.1) is 5.10 Å². The fourth-order valence-corrected chi connectivity index (χ4v) is 2.05. The van der Waals surface area contributed by atoms with Gasteiger partial charge in [-0.25, -0.2) is 0 Å². The Balaban J connectivity index is 1.94. The second-order valence-corrected chi connectivity index (χ2v) is 5.77. The lowest BCUT2D eigenvalue weighted by molar-refractivity contribution is 0.0978. The number of anilines is 1. The van der Waals surface area contributed by atoms with Crippen LogP contribution in [0.3, 0.4) is 0 Å². The molecule has 1 amide bonds. The van der Waals surface area contributed by atoms with Gasteiger partial charge in [-0.1, -0.05) is 42.7 Å². The molecule has 1 aromatic heterocycles. The Morgan fingerprint density at radius 3 is 2.82 bits per heavy atom. The molecule has 0 bridgehead atoms. The number of tetrazole rings is 1. The Kier molecular flexibility index (Phi) is 5.40. The fraction of sp³-hybridized carbons (Fsp3) is 0.308. The number of carbonyl (C=O) groups is 1. The van der Waals surface area contributed by atoms with Crippen LogP contribution in [0.5, 0.6) is 0 Å². The predicted molar refractivity (Wildman–Crippen MR) is 87.8 cm³/mol. The lowest BCUT2D eigenvalue weighted by Gasteiger charge is -2.07. The molecule has 0 aliphatic heterocycles. The largest absolute Gasteiger partial charge is 0.299 e. The van der Waals surface area contributed by atoms with Gasteiger partial charge in [-0.3, -0.25) is 15.4 Å². The molecule has 2 aromatic rings. The van der Waals surface area contributed by atoms with Gasteiger partial charge in [-0.2, -0.15) is 4.80 Å². The summed E-state index contributed by atoms with van der Waals surface area (Å²) in [5.74, 6) is 0.219. The number of thiocarbonyl (C=S) groups is 1. The van der Waals surface area contributed by atoms with Crippen molar-refractivity contribution >= 4 is 40.8 Å². The van der Waals surface area contributed by atoms with Gasteiger partial charge >= 0.3 is 0 Å². The average molecular weight is 339 g/mol. The molecule has 0 unspecified atom stereocenters. The van der Waals surface area contributed by atoms with E-state index >= 15 is 0 Å². The summed E-state index contributed by atoms with van der Waals surface area (Å²) in [5, 5.41) is 17.5. The highest BCUT2D eigenvalue weighted by atomic mass is 35.5. The van der Waals surface area contributed by atoms with E-state index in [0.29, 0.717) is 23.0 Å². The molecule has 0 saturated carbocycles. The monoisotopic (exact) mass is 338 g/mol. The summed E-state index contributed by atoms with van der Waals surface area (Å²) >= 11 is 11.0. The van der Waals surface area contributed by atoms with Gasteiger partial charge in [0.2, 0.25) is 0 Å². The molecule has 22 heavy (non-hydrogen) atoms. The van der Waals surface area contributed by atoms with Crippen molar-refractivity contribution in [1.29, 1.82) is 0 Å². The van der Waals surface area contributed by atoms with Crippen molar-refractivity contribution in [2.24, 2.45) is 5.92 Å². The topological polar surface area (TPSA) is 84.7 Å². The van der Waals surface area contributed by atoms with Crippen molar-refractivity contribution in [3.63, 3.8) is 0 Å². The van der Waals surface area contributed by atoms with E-state index in [1.807, 2.05) is 13.8 Å². The highest BCUT2D eigenvalue weighted by Gasteiger charge is 2.12. The number of rotatable bonds is 4. The summed E-state index contributed by atoms with van der Waals surface area (Å²) in [4.78, 5) is 13.5. The van der Waals surface area contributed by atoms with Gasteiger partial charge in [0.1, 0.15) is 0 Å². The molecule has 9 heteroatoms. The van der Waals surface area contributed by atoms with Crippen LogP contribution in [0.4, 0.5) is 5.95 Å². The Bertz CT molecular complexity index is 687. The van der Waals surface area contributed by atoms with E-state index in [-0.39, 0.29) is 11.1 Å². The average Bonchev–Trinajstić information content (AvgIpc) is 2.85. The van der Waals surface area contributed by atoms with Gasteiger partial charge < -0.3 is 0 Å². The van der Waals surface area contributed by atoms with Crippen molar-refractivity contribution in [2.75, 3.05) is 5.32 Å². The second kappa shape index (κ2) is 7.28. The molecule has 0 aliphatic carbocycles. The van der Waals surface area contributed by atoms with Crippen molar-refractivity contribution in [3.05, 3.63) is 34.9 Å². The molecule has 0 saturated heterocycles. The maximum Gasteiger partial charge on any atom is 0.269 e. The Morgan fingerprint density at radius 1 is 1.41 bits per heavy atom. The van der Waals surface area contributed by atoms with Crippen LogP contribution in [0, 0.1) is 5.92 Å². The van der Waals surface area contributed by atoms with Crippen molar-refractivity contribution in [1.82, 2.24) is 25.5 Å². The molecule has 2 N–H and O–H groups in total. The van der Waals surface area contributed by atoms with Gasteiger partial charge in [0, 0.05) is 0 Å². The van der Waals surface area contributed by atoms with Crippen LogP contribution < -0.4 is 10.6 Å². The molecule has 0 atom stereocenters. The highest BCUT2D eigenvalue weighted by molar-refractivity contribution is 7.80. The molecule has 0 spiro atoms. The first-order valence-electron chi connectivity index (χ1n) is 6.60. The molecule has 1 heterocycles. The van der Waals surface area contributed by atoms with Crippen LogP contribution in [-0.4, -0.2) is 31.2 Å². The van der Waals surface area contributed by atoms with E-state index in [2.05, 4.69) is 26.0 Å². The molecule has 7 nitrogen and oxygen atoms in total. The highest BCUT2D eigenvalue weighted by Crippen LogP contribution is 2.14. The number of halogens is 1. The van der Waals surface area contributed by atoms with Crippen molar-refractivity contribution < 1.29 is 4.79 Å². The predicted octanol–water partition coefficient (Wildman–Crippen LogP) is 2.11. The molecule has 0 radical (unpaired) electrons. The lowest BCUT2D eigenvalue weighted by Crippen LogP contribution is -2.34. The van der Waals surface area contributed by atoms with Crippen molar-refractivity contribution in [3.8, 4) is 0 Å². The number of amides is 1. The number of nitrogens with one attached hydrogen (secondary N) is 2. The first-order chi connectivity index (χ1) is 10.5.